The van der Waals surface area contributed by atoms with Crippen LogP contribution < -0.4 is 10.6 Å². The molecule has 0 spiro atoms. The Morgan fingerprint density at radius 1 is 0.654 bits per heavy atom. The van der Waals surface area contributed by atoms with E-state index in [1.54, 1.807) is 0 Å². The number of para-hydroxylation sites is 2. The molecule has 2 N–H and O–H groups in total. The van der Waals surface area contributed by atoms with E-state index in [0.29, 0.717) is 0 Å². The third kappa shape index (κ3) is 5.62. The van der Waals surface area contributed by atoms with Crippen LogP contribution in [0.25, 0.3) is 0 Å². The van der Waals surface area contributed by atoms with Crippen molar-refractivity contribution >= 4 is 11.4 Å². The van der Waals surface area contributed by atoms with Gasteiger partial charge < -0.3 is 19.6 Å². The number of likely N-dealkylation sites (N-methyl/N-ethyl adjacent to an activating group) is 2. The summed E-state index contributed by atoms with van der Waals surface area (Å²) < 4.78 is 2.47. The van der Waals surface area contributed by atoms with E-state index >= 15 is 0 Å². The van der Waals surface area contributed by atoms with Crippen molar-refractivity contribution in [3.63, 3.8) is 0 Å². The van der Waals surface area contributed by atoms with Crippen molar-refractivity contribution in [3.8, 4) is 0 Å². The minimum Gasteiger partial charge on any atom is -0.378 e. The molecule has 2 aliphatic heterocycles. The second kappa shape index (κ2) is 9.09. The number of rotatable bonds is 8. The van der Waals surface area contributed by atoms with Crippen LogP contribution in [0.5, 0.6) is 0 Å². The van der Waals surface area contributed by atoms with Gasteiger partial charge >= 0.3 is 0 Å². The molecule has 4 nitrogen and oxygen atoms in total. The largest absolute Gasteiger partial charge is 0.378 e. The molecular formula is C22H40N4+2. The molecule has 0 radical (unpaired) electrons. The number of hydrogen-bond acceptors (Lipinski definition) is 2. The maximum Gasteiger partial charge on any atom is 0.0960 e. The first-order valence-corrected chi connectivity index (χ1v) is 10.8. The highest BCUT2D eigenvalue weighted by Crippen LogP contribution is 2.22. The van der Waals surface area contributed by atoms with Crippen molar-refractivity contribution in [2.45, 2.75) is 38.5 Å². The van der Waals surface area contributed by atoms with Gasteiger partial charge in [0.25, 0.3) is 0 Å². The summed E-state index contributed by atoms with van der Waals surface area (Å²) in [6.45, 7) is 9.95. The summed E-state index contributed by atoms with van der Waals surface area (Å²) in [7, 11) is 4.85. The summed E-state index contributed by atoms with van der Waals surface area (Å²) in [5, 5.41) is 7.40. The fraction of sp³-hybridized carbons (Fsp3) is 0.727. The zero-order valence-electron chi connectivity index (χ0n) is 17.1. The van der Waals surface area contributed by atoms with Crippen molar-refractivity contribution in [3.05, 3.63) is 24.3 Å². The molecule has 3 rings (SSSR count). The van der Waals surface area contributed by atoms with Gasteiger partial charge in [-0.05, 0) is 50.7 Å². The van der Waals surface area contributed by atoms with Crippen LogP contribution in [0.4, 0.5) is 11.4 Å². The van der Waals surface area contributed by atoms with Crippen molar-refractivity contribution in [1.82, 2.24) is 0 Å². The average molecular weight is 361 g/mol. The first-order valence-electron chi connectivity index (χ1n) is 10.8. The zero-order chi connectivity index (χ0) is 18.3. The van der Waals surface area contributed by atoms with Crippen molar-refractivity contribution in [2.75, 3.05) is 77.1 Å². The number of benzene rings is 1. The lowest BCUT2D eigenvalue weighted by Gasteiger charge is -2.38. The highest BCUT2D eigenvalue weighted by molar-refractivity contribution is 5.68. The number of nitrogens with zero attached hydrogens (tertiary/aromatic N) is 2. The van der Waals surface area contributed by atoms with Gasteiger partial charge in [-0.15, -0.1) is 0 Å². The fourth-order valence-corrected chi connectivity index (χ4v) is 4.71. The highest BCUT2D eigenvalue weighted by Gasteiger charge is 2.25. The lowest BCUT2D eigenvalue weighted by Crippen LogP contribution is -2.50. The van der Waals surface area contributed by atoms with Gasteiger partial charge in [-0.25, -0.2) is 0 Å². The van der Waals surface area contributed by atoms with Crippen LogP contribution in [0.15, 0.2) is 24.3 Å². The van der Waals surface area contributed by atoms with Crippen molar-refractivity contribution < 1.29 is 8.97 Å². The second-order valence-electron chi connectivity index (χ2n) is 9.10. The summed E-state index contributed by atoms with van der Waals surface area (Å²) in [6, 6.07) is 8.72. The van der Waals surface area contributed by atoms with E-state index in [4.69, 9.17) is 0 Å². The quantitative estimate of drug-likeness (QED) is 0.690. The summed E-state index contributed by atoms with van der Waals surface area (Å²) in [5.74, 6) is 0. The first kappa shape index (κ1) is 19.5. The molecule has 4 heteroatoms. The standard InChI is InChI=1S/C22H40N4/c1-25(15-7-3-8-16-25)19-13-23-21-11-5-6-12-22(21)24-14-20-26(2)17-9-4-10-18-26/h5-6,11-12,23-24H,3-4,7-10,13-20H2,1-2H3/q+2. The number of piperidine rings is 2. The summed E-state index contributed by atoms with van der Waals surface area (Å²) in [6.07, 6.45) is 8.42. The molecular weight excluding hydrogens is 320 g/mol. The molecule has 26 heavy (non-hydrogen) atoms. The second-order valence-corrected chi connectivity index (χ2v) is 9.10. The molecule has 0 unspecified atom stereocenters. The molecule has 1 aromatic carbocycles. The van der Waals surface area contributed by atoms with Crippen LogP contribution in [0.2, 0.25) is 0 Å². The number of anilines is 2. The number of nitrogens with one attached hydrogen (secondary N) is 2. The summed E-state index contributed by atoms with van der Waals surface area (Å²) >= 11 is 0. The first-order chi connectivity index (χ1) is 12.6. The zero-order valence-corrected chi connectivity index (χ0v) is 17.1. The van der Waals surface area contributed by atoms with Crippen LogP contribution in [0.1, 0.15) is 38.5 Å². The number of quaternary nitrogens is 2. The number of hydrogen-bond donors (Lipinski definition) is 2. The van der Waals surface area contributed by atoms with Crippen molar-refractivity contribution in [1.29, 1.82) is 0 Å². The van der Waals surface area contributed by atoms with Gasteiger partial charge in [0.05, 0.1) is 77.8 Å². The molecule has 0 aliphatic carbocycles. The predicted octanol–water partition coefficient (Wildman–Crippen LogP) is 3.77. The van der Waals surface area contributed by atoms with Crippen molar-refractivity contribution in [2.24, 2.45) is 0 Å². The van der Waals surface area contributed by atoms with Crippen LogP contribution in [0, 0.1) is 0 Å². The highest BCUT2D eigenvalue weighted by atomic mass is 15.3. The lowest BCUT2D eigenvalue weighted by atomic mass is 10.1. The van der Waals surface area contributed by atoms with E-state index in [2.05, 4.69) is 49.0 Å². The van der Waals surface area contributed by atoms with Crippen LogP contribution in [-0.2, 0) is 0 Å². The Kier molecular flexibility index (Phi) is 6.82. The molecule has 2 aliphatic rings. The van der Waals surface area contributed by atoms with Crippen LogP contribution in [0.3, 0.4) is 0 Å². The maximum absolute atomic E-state index is 3.70. The van der Waals surface area contributed by atoms with E-state index in [0.717, 1.165) is 13.1 Å². The topological polar surface area (TPSA) is 24.1 Å². The molecule has 0 saturated carbocycles. The Labute approximate surface area is 160 Å². The predicted molar refractivity (Wildman–Crippen MR) is 113 cm³/mol. The monoisotopic (exact) mass is 360 g/mol. The molecule has 0 aromatic heterocycles. The van der Waals surface area contributed by atoms with Gasteiger partial charge in [-0.1, -0.05) is 12.1 Å². The summed E-state index contributed by atoms with van der Waals surface area (Å²) in [4.78, 5) is 0. The maximum atomic E-state index is 3.70. The van der Waals surface area contributed by atoms with Gasteiger partial charge in [-0.3, -0.25) is 0 Å². The Hall–Kier alpha value is -1.26. The molecule has 1 aromatic rings. The SMILES string of the molecule is C[N+]1(CCNc2ccccc2NCC[N+]2(C)CCCCC2)CCCCC1. The van der Waals surface area contributed by atoms with E-state index in [1.807, 2.05) is 0 Å². The van der Waals surface area contributed by atoms with Gasteiger partial charge in [0.2, 0.25) is 0 Å². The van der Waals surface area contributed by atoms with Gasteiger partial charge in [0.15, 0.2) is 0 Å². The minimum atomic E-state index is 1.06. The fourth-order valence-electron chi connectivity index (χ4n) is 4.71. The Balaban J connectivity index is 1.46. The average Bonchev–Trinajstić information content (AvgIpc) is 2.64. The van der Waals surface area contributed by atoms with Gasteiger partial charge in [0, 0.05) is 0 Å². The van der Waals surface area contributed by atoms with Gasteiger partial charge in [0.1, 0.15) is 0 Å². The van der Waals surface area contributed by atoms with E-state index in [1.165, 1.54) is 98.1 Å². The Morgan fingerprint density at radius 3 is 1.42 bits per heavy atom. The molecule has 0 atom stereocenters. The molecule has 146 valence electrons. The Bertz CT molecular complexity index is 496. The third-order valence-electron chi connectivity index (χ3n) is 6.65. The lowest BCUT2D eigenvalue weighted by molar-refractivity contribution is -0.912. The van der Waals surface area contributed by atoms with E-state index < -0.39 is 0 Å². The molecule has 0 bridgehead atoms. The van der Waals surface area contributed by atoms with E-state index in [-0.39, 0.29) is 0 Å². The Morgan fingerprint density at radius 2 is 1.04 bits per heavy atom. The van der Waals surface area contributed by atoms with E-state index in [9.17, 15) is 0 Å². The summed E-state index contributed by atoms with van der Waals surface area (Å²) in [5.41, 5.74) is 2.52. The molecule has 2 saturated heterocycles. The minimum absolute atomic E-state index is 1.06. The van der Waals surface area contributed by atoms with Gasteiger partial charge in [-0.2, -0.15) is 0 Å². The molecule has 2 heterocycles. The van der Waals surface area contributed by atoms with Crippen LogP contribution in [-0.4, -0.2) is 75.4 Å². The normalized spacial score (nSPS) is 21.9. The smallest absolute Gasteiger partial charge is 0.0960 e. The van der Waals surface area contributed by atoms with Crippen LogP contribution >= 0.6 is 0 Å². The molecule has 0 amide bonds. The number of likely N-dealkylation sites (tertiary alicyclic amines) is 2. The third-order valence-corrected chi connectivity index (χ3v) is 6.65. The molecule has 2 fully saturated rings.